The molecule has 3 rings (SSSR count). The summed E-state index contributed by atoms with van der Waals surface area (Å²) in [7, 11) is 0. The van der Waals surface area contributed by atoms with Gasteiger partial charge in [0, 0.05) is 36.2 Å². The van der Waals surface area contributed by atoms with Crippen molar-refractivity contribution < 1.29 is 19.3 Å². The van der Waals surface area contributed by atoms with Crippen LogP contribution < -0.4 is 16.2 Å². The number of aromatic amines is 1. The summed E-state index contributed by atoms with van der Waals surface area (Å²) in [5, 5.41) is 19.8. The SMILES string of the molecule is O=C(CCNC(=O)c1ccc([N+](=O)[O-])cc1)NNC(=O)c1cc(-c2ccccc2)n[nH]1. The number of carbonyl (C=O) groups is 3. The molecule has 0 spiro atoms. The Morgan fingerprint density at radius 3 is 2.35 bits per heavy atom. The van der Waals surface area contributed by atoms with Crippen molar-refractivity contribution in [1.82, 2.24) is 26.4 Å². The predicted molar refractivity (Wildman–Crippen MR) is 110 cm³/mol. The number of aromatic nitrogens is 2. The highest BCUT2D eigenvalue weighted by atomic mass is 16.6. The summed E-state index contributed by atoms with van der Waals surface area (Å²) in [4.78, 5) is 46.0. The van der Waals surface area contributed by atoms with Crippen LogP contribution >= 0.6 is 0 Å². The molecule has 0 saturated heterocycles. The summed E-state index contributed by atoms with van der Waals surface area (Å²) >= 11 is 0. The van der Waals surface area contributed by atoms with Crippen molar-refractivity contribution in [1.29, 1.82) is 0 Å². The summed E-state index contributed by atoms with van der Waals surface area (Å²) in [5.41, 5.74) is 6.22. The Morgan fingerprint density at radius 2 is 1.68 bits per heavy atom. The van der Waals surface area contributed by atoms with Crippen molar-refractivity contribution in [3.05, 3.63) is 82.0 Å². The van der Waals surface area contributed by atoms with E-state index in [1.807, 2.05) is 30.3 Å². The van der Waals surface area contributed by atoms with Gasteiger partial charge in [-0.05, 0) is 18.2 Å². The summed E-state index contributed by atoms with van der Waals surface area (Å²) in [6.45, 7) is 0.0136. The molecule has 0 bridgehead atoms. The fourth-order valence-electron chi connectivity index (χ4n) is 2.58. The molecule has 1 aromatic heterocycles. The average molecular weight is 422 g/mol. The van der Waals surface area contributed by atoms with Gasteiger partial charge >= 0.3 is 0 Å². The van der Waals surface area contributed by atoms with E-state index in [1.165, 1.54) is 24.3 Å². The first-order valence-electron chi connectivity index (χ1n) is 9.16. The van der Waals surface area contributed by atoms with E-state index in [1.54, 1.807) is 6.07 Å². The first kappa shape index (κ1) is 21.2. The van der Waals surface area contributed by atoms with E-state index in [0.29, 0.717) is 5.69 Å². The van der Waals surface area contributed by atoms with E-state index in [2.05, 4.69) is 26.4 Å². The number of nitro benzene ring substituents is 1. The number of hydrogen-bond acceptors (Lipinski definition) is 6. The lowest BCUT2D eigenvalue weighted by Crippen LogP contribution is -2.43. The maximum Gasteiger partial charge on any atom is 0.287 e. The minimum absolute atomic E-state index is 0.0136. The molecule has 0 saturated carbocycles. The zero-order chi connectivity index (χ0) is 22.2. The molecule has 31 heavy (non-hydrogen) atoms. The molecule has 1 heterocycles. The molecule has 11 nitrogen and oxygen atoms in total. The number of carbonyl (C=O) groups excluding carboxylic acids is 3. The number of rotatable bonds is 7. The lowest BCUT2D eigenvalue weighted by Gasteiger charge is -2.07. The quantitative estimate of drug-likeness (QED) is 0.334. The number of nitrogens with one attached hydrogen (secondary N) is 4. The molecule has 4 N–H and O–H groups in total. The van der Waals surface area contributed by atoms with Crippen molar-refractivity contribution in [2.75, 3.05) is 6.54 Å². The molecule has 0 fully saturated rings. The summed E-state index contributed by atoms with van der Waals surface area (Å²) in [5.74, 6) is -1.56. The van der Waals surface area contributed by atoms with Gasteiger partial charge < -0.3 is 5.32 Å². The highest BCUT2D eigenvalue weighted by Crippen LogP contribution is 2.16. The molecule has 158 valence electrons. The molecule has 0 aliphatic rings. The van der Waals surface area contributed by atoms with Gasteiger partial charge in [-0.2, -0.15) is 5.10 Å². The van der Waals surface area contributed by atoms with Crippen LogP contribution in [-0.4, -0.2) is 39.4 Å². The number of non-ortho nitro benzene ring substituents is 1. The molecule has 0 aliphatic heterocycles. The van der Waals surface area contributed by atoms with Gasteiger partial charge in [0.1, 0.15) is 5.69 Å². The minimum Gasteiger partial charge on any atom is -0.352 e. The molecule has 0 unspecified atom stereocenters. The second-order valence-corrected chi connectivity index (χ2v) is 6.35. The average Bonchev–Trinajstić information content (AvgIpc) is 3.28. The molecule has 0 radical (unpaired) electrons. The van der Waals surface area contributed by atoms with Gasteiger partial charge in [0.2, 0.25) is 5.91 Å². The number of hydrazine groups is 1. The van der Waals surface area contributed by atoms with Gasteiger partial charge in [-0.1, -0.05) is 30.3 Å². The summed E-state index contributed by atoms with van der Waals surface area (Å²) in [6.07, 6.45) is -0.0861. The van der Waals surface area contributed by atoms with Gasteiger partial charge in [-0.3, -0.25) is 40.4 Å². The van der Waals surface area contributed by atoms with Crippen molar-refractivity contribution in [3.8, 4) is 11.3 Å². The van der Waals surface area contributed by atoms with Crippen LogP contribution in [0.2, 0.25) is 0 Å². The van der Waals surface area contributed by atoms with Crippen LogP contribution in [0, 0.1) is 10.1 Å². The first-order chi connectivity index (χ1) is 14.9. The lowest BCUT2D eigenvalue weighted by atomic mass is 10.1. The Labute approximate surface area is 176 Å². The van der Waals surface area contributed by atoms with E-state index in [-0.39, 0.29) is 29.9 Å². The zero-order valence-electron chi connectivity index (χ0n) is 16.1. The third-order valence-corrected chi connectivity index (χ3v) is 4.19. The maximum absolute atomic E-state index is 12.1. The predicted octanol–water partition coefficient (Wildman–Crippen LogP) is 1.57. The molecule has 3 aromatic rings. The Balaban J connectivity index is 1.41. The largest absolute Gasteiger partial charge is 0.352 e. The lowest BCUT2D eigenvalue weighted by molar-refractivity contribution is -0.384. The van der Waals surface area contributed by atoms with Gasteiger partial charge in [-0.15, -0.1) is 0 Å². The summed E-state index contributed by atoms with van der Waals surface area (Å²) < 4.78 is 0. The number of nitro groups is 1. The van der Waals surface area contributed by atoms with E-state index in [9.17, 15) is 24.5 Å². The molecule has 0 atom stereocenters. The van der Waals surface area contributed by atoms with Crippen LogP contribution in [0.3, 0.4) is 0 Å². The molecular formula is C20H18N6O5. The van der Waals surface area contributed by atoms with Crippen LogP contribution in [0.1, 0.15) is 27.3 Å². The second-order valence-electron chi connectivity index (χ2n) is 6.35. The third kappa shape index (κ3) is 5.73. The van der Waals surface area contributed by atoms with E-state index < -0.39 is 22.6 Å². The Kier molecular flexibility index (Phi) is 6.68. The Bertz CT molecular complexity index is 1090. The van der Waals surface area contributed by atoms with E-state index in [0.717, 1.165) is 5.56 Å². The highest BCUT2D eigenvalue weighted by molar-refractivity contribution is 5.95. The number of benzene rings is 2. The van der Waals surface area contributed by atoms with Gasteiger partial charge in [0.15, 0.2) is 0 Å². The fraction of sp³-hybridized carbons (Fsp3) is 0.100. The first-order valence-corrected chi connectivity index (χ1v) is 9.16. The van der Waals surface area contributed by atoms with Crippen molar-refractivity contribution in [3.63, 3.8) is 0 Å². The van der Waals surface area contributed by atoms with Gasteiger partial charge in [-0.25, -0.2) is 0 Å². The fourth-order valence-corrected chi connectivity index (χ4v) is 2.58. The monoisotopic (exact) mass is 422 g/mol. The van der Waals surface area contributed by atoms with Crippen molar-refractivity contribution in [2.24, 2.45) is 0 Å². The number of H-pyrrole nitrogens is 1. The number of amides is 3. The molecule has 3 amide bonds. The normalized spacial score (nSPS) is 10.2. The Morgan fingerprint density at radius 1 is 0.968 bits per heavy atom. The second kappa shape index (κ2) is 9.78. The highest BCUT2D eigenvalue weighted by Gasteiger charge is 2.13. The van der Waals surface area contributed by atoms with E-state index in [4.69, 9.17) is 0 Å². The smallest absolute Gasteiger partial charge is 0.287 e. The van der Waals surface area contributed by atoms with Crippen LogP contribution in [0.25, 0.3) is 11.3 Å². The van der Waals surface area contributed by atoms with Crippen molar-refractivity contribution in [2.45, 2.75) is 6.42 Å². The molecule has 11 heteroatoms. The van der Waals surface area contributed by atoms with Crippen molar-refractivity contribution >= 4 is 23.4 Å². The van der Waals surface area contributed by atoms with Gasteiger partial charge in [0.05, 0.1) is 10.6 Å². The maximum atomic E-state index is 12.1. The number of hydrogen-bond donors (Lipinski definition) is 4. The van der Waals surface area contributed by atoms with E-state index >= 15 is 0 Å². The Hall–Kier alpha value is -4.54. The number of nitrogens with zero attached hydrogens (tertiary/aromatic N) is 2. The molecule has 0 aliphatic carbocycles. The zero-order valence-corrected chi connectivity index (χ0v) is 16.1. The van der Waals surface area contributed by atoms with Crippen LogP contribution in [0.15, 0.2) is 60.7 Å². The van der Waals surface area contributed by atoms with Crippen LogP contribution in [0.4, 0.5) is 5.69 Å². The van der Waals surface area contributed by atoms with Crippen LogP contribution in [0.5, 0.6) is 0 Å². The topological polar surface area (TPSA) is 159 Å². The van der Waals surface area contributed by atoms with Crippen LogP contribution in [-0.2, 0) is 4.79 Å². The standard InChI is InChI=1S/C20H18N6O5/c27-18(10-11-21-19(28)14-6-8-15(9-7-14)26(30)31)24-25-20(29)17-12-16(22-23-17)13-4-2-1-3-5-13/h1-9,12H,10-11H2,(H,21,28)(H,22,23)(H,24,27)(H,25,29). The van der Waals surface area contributed by atoms with Gasteiger partial charge in [0.25, 0.3) is 17.5 Å². The molecular weight excluding hydrogens is 404 g/mol. The third-order valence-electron chi connectivity index (χ3n) is 4.19. The molecule has 2 aromatic carbocycles. The minimum atomic E-state index is -0.571. The summed E-state index contributed by atoms with van der Waals surface area (Å²) in [6, 6.07) is 15.9.